The fourth-order valence-corrected chi connectivity index (χ4v) is 2.94. The monoisotopic (exact) mass is 242 g/mol. The lowest BCUT2D eigenvalue weighted by atomic mass is 9.79. The summed E-state index contributed by atoms with van der Waals surface area (Å²) in [5, 5.41) is 0. The summed E-state index contributed by atoms with van der Waals surface area (Å²) in [4.78, 5) is 2.61. The van der Waals surface area contributed by atoms with Crippen molar-refractivity contribution in [3.8, 4) is 0 Å². The molecule has 1 rings (SSSR count). The Morgan fingerprint density at radius 1 is 1.47 bits per heavy atom. The van der Waals surface area contributed by atoms with Crippen molar-refractivity contribution in [1.82, 2.24) is 4.90 Å². The zero-order valence-electron chi connectivity index (χ0n) is 12.0. The molecule has 0 aliphatic carbocycles. The van der Waals surface area contributed by atoms with Crippen LogP contribution in [0.25, 0.3) is 0 Å². The van der Waals surface area contributed by atoms with Crippen molar-refractivity contribution in [3.63, 3.8) is 0 Å². The second-order valence-electron chi connectivity index (χ2n) is 5.59. The van der Waals surface area contributed by atoms with Crippen LogP contribution in [0.3, 0.4) is 0 Å². The molecule has 0 amide bonds. The van der Waals surface area contributed by atoms with Crippen LogP contribution < -0.4 is 5.73 Å². The third kappa shape index (κ3) is 3.21. The summed E-state index contributed by atoms with van der Waals surface area (Å²) in [5.74, 6) is 1.28. The summed E-state index contributed by atoms with van der Waals surface area (Å²) in [6.07, 6.45) is 2.32. The Hall–Kier alpha value is -0.120. The lowest BCUT2D eigenvalue weighted by Crippen LogP contribution is -2.62. The molecule has 2 N–H and O–H groups in total. The van der Waals surface area contributed by atoms with E-state index in [4.69, 9.17) is 10.5 Å². The van der Waals surface area contributed by atoms with Gasteiger partial charge in [0, 0.05) is 25.2 Å². The molecule has 1 heterocycles. The minimum absolute atomic E-state index is 0.163. The van der Waals surface area contributed by atoms with Crippen LogP contribution in [0.5, 0.6) is 0 Å². The highest BCUT2D eigenvalue weighted by atomic mass is 16.5. The Bertz CT molecular complexity index is 222. The fourth-order valence-electron chi connectivity index (χ4n) is 2.94. The second kappa shape index (κ2) is 6.72. The molecule has 0 saturated carbocycles. The van der Waals surface area contributed by atoms with Gasteiger partial charge in [0.05, 0.1) is 6.61 Å². The smallest absolute Gasteiger partial charge is 0.0509 e. The predicted octanol–water partition coefficient (Wildman–Crippen LogP) is 2.11. The molecular formula is C14H30N2O. The average molecular weight is 242 g/mol. The largest absolute Gasteiger partial charge is 0.381 e. The molecule has 0 aromatic rings. The minimum atomic E-state index is 0.163. The van der Waals surface area contributed by atoms with Gasteiger partial charge < -0.3 is 10.5 Å². The average Bonchev–Trinajstić information content (AvgIpc) is 2.36. The van der Waals surface area contributed by atoms with Gasteiger partial charge in [-0.25, -0.2) is 0 Å². The molecular weight excluding hydrogens is 212 g/mol. The van der Waals surface area contributed by atoms with Crippen molar-refractivity contribution in [1.29, 1.82) is 0 Å². The number of hydrogen-bond acceptors (Lipinski definition) is 3. The van der Waals surface area contributed by atoms with E-state index in [-0.39, 0.29) is 5.54 Å². The Morgan fingerprint density at radius 2 is 2.18 bits per heavy atom. The summed E-state index contributed by atoms with van der Waals surface area (Å²) in [6.45, 7) is 13.8. The lowest BCUT2D eigenvalue weighted by Gasteiger charge is -2.50. The Morgan fingerprint density at radius 3 is 2.65 bits per heavy atom. The van der Waals surface area contributed by atoms with Crippen LogP contribution in [0.2, 0.25) is 0 Å². The van der Waals surface area contributed by atoms with E-state index in [0.29, 0.717) is 5.92 Å². The molecule has 1 saturated heterocycles. The molecule has 0 aromatic carbocycles. The van der Waals surface area contributed by atoms with E-state index in [2.05, 4.69) is 32.6 Å². The molecule has 3 heteroatoms. The number of likely N-dealkylation sites (N-methyl/N-ethyl adjacent to an activating group) is 1. The van der Waals surface area contributed by atoms with Crippen LogP contribution in [0.4, 0.5) is 0 Å². The summed E-state index contributed by atoms with van der Waals surface area (Å²) >= 11 is 0. The standard InChI is InChI=1S/C14H30N2O/c1-5-12(3)9-16(6-2)14(11-15)7-8-17-10-13(14)4/h12-13H,5-11,15H2,1-4H3. The highest BCUT2D eigenvalue weighted by Crippen LogP contribution is 2.32. The maximum Gasteiger partial charge on any atom is 0.0509 e. The number of ether oxygens (including phenoxy) is 1. The molecule has 0 bridgehead atoms. The van der Waals surface area contributed by atoms with Gasteiger partial charge in [-0.15, -0.1) is 0 Å². The molecule has 1 aliphatic heterocycles. The highest BCUT2D eigenvalue weighted by molar-refractivity contribution is 4.98. The van der Waals surface area contributed by atoms with E-state index in [9.17, 15) is 0 Å². The van der Waals surface area contributed by atoms with Crippen LogP contribution in [-0.2, 0) is 4.74 Å². The highest BCUT2D eigenvalue weighted by Gasteiger charge is 2.42. The van der Waals surface area contributed by atoms with E-state index >= 15 is 0 Å². The van der Waals surface area contributed by atoms with Crippen LogP contribution in [0.1, 0.15) is 40.5 Å². The first-order chi connectivity index (χ1) is 8.10. The molecule has 1 fully saturated rings. The van der Waals surface area contributed by atoms with E-state index in [1.807, 2.05) is 0 Å². The van der Waals surface area contributed by atoms with Gasteiger partial charge in [-0.1, -0.05) is 34.1 Å². The summed E-state index contributed by atoms with van der Waals surface area (Å²) in [5.41, 5.74) is 6.29. The predicted molar refractivity (Wildman–Crippen MR) is 73.1 cm³/mol. The van der Waals surface area contributed by atoms with Gasteiger partial charge in [0.25, 0.3) is 0 Å². The van der Waals surface area contributed by atoms with Crippen LogP contribution in [0.15, 0.2) is 0 Å². The van der Waals surface area contributed by atoms with Crippen molar-refractivity contribution in [2.75, 3.05) is 32.8 Å². The third-order valence-electron chi connectivity index (χ3n) is 4.56. The summed E-state index contributed by atoms with van der Waals surface area (Å²) in [6, 6.07) is 0. The van der Waals surface area contributed by atoms with Crippen LogP contribution in [-0.4, -0.2) is 43.3 Å². The maximum absolute atomic E-state index is 6.13. The Balaban J connectivity index is 2.79. The third-order valence-corrected chi connectivity index (χ3v) is 4.56. The topological polar surface area (TPSA) is 38.5 Å². The first-order valence-corrected chi connectivity index (χ1v) is 7.13. The Kier molecular flexibility index (Phi) is 5.90. The maximum atomic E-state index is 6.13. The zero-order chi connectivity index (χ0) is 12.9. The van der Waals surface area contributed by atoms with E-state index < -0.39 is 0 Å². The molecule has 17 heavy (non-hydrogen) atoms. The molecule has 3 unspecified atom stereocenters. The van der Waals surface area contributed by atoms with Gasteiger partial charge in [0.1, 0.15) is 0 Å². The number of rotatable bonds is 6. The van der Waals surface area contributed by atoms with E-state index in [1.54, 1.807) is 0 Å². The van der Waals surface area contributed by atoms with Crippen molar-refractivity contribution >= 4 is 0 Å². The van der Waals surface area contributed by atoms with Crippen LogP contribution in [0, 0.1) is 11.8 Å². The fraction of sp³-hybridized carbons (Fsp3) is 1.00. The van der Waals surface area contributed by atoms with Gasteiger partial charge in [-0.05, 0) is 24.8 Å². The first kappa shape index (κ1) is 14.9. The first-order valence-electron chi connectivity index (χ1n) is 7.13. The van der Waals surface area contributed by atoms with Crippen molar-refractivity contribution in [3.05, 3.63) is 0 Å². The SMILES string of the molecule is CCC(C)CN(CC)C1(CN)CCOCC1C. The van der Waals surface area contributed by atoms with Crippen molar-refractivity contribution < 1.29 is 4.74 Å². The molecule has 102 valence electrons. The normalized spacial score (nSPS) is 31.8. The molecule has 3 nitrogen and oxygen atoms in total. The van der Waals surface area contributed by atoms with Gasteiger partial charge >= 0.3 is 0 Å². The molecule has 3 atom stereocenters. The number of nitrogens with zero attached hydrogens (tertiary/aromatic N) is 1. The zero-order valence-corrected chi connectivity index (χ0v) is 12.0. The number of hydrogen-bond donors (Lipinski definition) is 1. The number of nitrogens with two attached hydrogens (primary N) is 1. The van der Waals surface area contributed by atoms with E-state index in [0.717, 1.165) is 45.2 Å². The van der Waals surface area contributed by atoms with Crippen molar-refractivity contribution in [2.24, 2.45) is 17.6 Å². The van der Waals surface area contributed by atoms with E-state index in [1.165, 1.54) is 6.42 Å². The quantitative estimate of drug-likeness (QED) is 0.775. The molecule has 0 spiro atoms. The van der Waals surface area contributed by atoms with Gasteiger partial charge in [-0.3, -0.25) is 4.90 Å². The molecule has 0 radical (unpaired) electrons. The van der Waals surface area contributed by atoms with Gasteiger partial charge in [-0.2, -0.15) is 0 Å². The summed E-state index contributed by atoms with van der Waals surface area (Å²) < 4.78 is 5.58. The van der Waals surface area contributed by atoms with Crippen LogP contribution >= 0.6 is 0 Å². The van der Waals surface area contributed by atoms with Crippen molar-refractivity contribution in [2.45, 2.75) is 46.1 Å². The second-order valence-corrected chi connectivity index (χ2v) is 5.59. The minimum Gasteiger partial charge on any atom is -0.381 e. The van der Waals surface area contributed by atoms with Gasteiger partial charge in [0.2, 0.25) is 0 Å². The lowest BCUT2D eigenvalue weighted by molar-refractivity contribution is -0.0685. The molecule has 1 aliphatic rings. The molecule has 0 aromatic heterocycles. The van der Waals surface area contributed by atoms with Gasteiger partial charge in [0.15, 0.2) is 0 Å². The summed E-state index contributed by atoms with van der Waals surface area (Å²) in [7, 11) is 0. The Labute approximate surface area is 107 Å².